The first kappa shape index (κ1) is 14.4. The molecule has 0 aliphatic carbocycles. The number of aromatic nitrogens is 2. The predicted molar refractivity (Wildman–Crippen MR) is 87.6 cm³/mol. The van der Waals surface area contributed by atoms with E-state index in [1.807, 2.05) is 24.3 Å². The molecule has 3 nitrogen and oxygen atoms in total. The number of aliphatic hydroxyl groups is 1. The Balaban J connectivity index is 1.77. The van der Waals surface area contributed by atoms with Gasteiger partial charge in [0.1, 0.15) is 0 Å². The molecule has 21 heavy (non-hydrogen) atoms. The Labute approximate surface area is 132 Å². The Morgan fingerprint density at radius 2 is 2.00 bits per heavy atom. The molecule has 0 unspecified atom stereocenters. The predicted octanol–water partition coefficient (Wildman–Crippen LogP) is 3.78. The maximum Gasteiger partial charge on any atom is 0.168 e. The summed E-state index contributed by atoms with van der Waals surface area (Å²) in [6.07, 6.45) is 1.76. The van der Waals surface area contributed by atoms with Crippen LogP contribution in [0.15, 0.2) is 59.2 Å². The molecule has 3 rings (SSSR count). The van der Waals surface area contributed by atoms with Crippen molar-refractivity contribution in [2.45, 2.75) is 24.1 Å². The van der Waals surface area contributed by atoms with E-state index in [1.165, 1.54) is 10.4 Å². The van der Waals surface area contributed by atoms with Gasteiger partial charge >= 0.3 is 0 Å². The fraction of sp³-hybridized carbons (Fsp3) is 0.188. The molecule has 0 bridgehead atoms. The summed E-state index contributed by atoms with van der Waals surface area (Å²) < 4.78 is 2.10. The fourth-order valence-corrected chi connectivity index (χ4v) is 3.73. The van der Waals surface area contributed by atoms with E-state index in [0.29, 0.717) is 0 Å². The molecule has 3 aromatic rings. The van der Waals surface area contributed by atoms with Crippen LogP contribution < -0.4 is 0 Å². The second-order valence-electron chi connectivity index (χ2n) is 4.63. The second kappa shape index (κ2) is 6.93. The third kappa shape index (κ3) is 3.56. The van der Waals surface area contributed by atoms with Crippen molar-refractivity contribution >= 4 is 23.1 Å². The van der Waals surface area contributed by atoms with Crippen LogP contribution in [0.5, 0.6) is 0 Å². The lowest BCUT2D eigenvalue weighted by Gasteiger charge is -2.09. The van der Waals surface area contributed by atoms with E-state index < -0.39 is 0 Å². The summed E-state index contributed by atoms with van der Waals surface area (Å²) in [7, 11) is 0. The summed E-state index contributed by atoms with van der Waals surface area (Å²) in [4.78, 5) is 5.72. The minimum Gasteiger partial charge on any atom is -0.390 e. The van der Waals surface area contributed by atoms with Crippen molar-refractivity contribution in [3.8, 4) is 0 Å². The maximum atomic E-state index is 9.48. The minimum atomic E-state index is 0.0181. The van der Waals surface area contributed by atoms with E-state index in [0.717, 1.165) is 23.1 Å². The van der Waals surface area contributed by atoms with E-state index in [9.17, 15) is 5.11 Å². The van der Waals surface area contributed by atoms with Crippen molar-refractivity contribution in [2.75, 3.05) is 0 Å². The molecule has 0 saturated heterocycles. The lowest BCUT2D eigenvalue weighted by molar-refractivity contribution is 0.270. The Bertz CT molecular complexity index is 678. The second-order valence-corrected chi connectivity index (χ2v) is 6.60. The van der Waals surface area contributed by atoms with E-state index in [2.05, 4.69) is 33.1 Å². The SMILES string of the molecule is OCc1cnc(SCc2ccccc2)n1Cc1cccs1. The average Bonchev–Trinajstić information content (AvgIpc) is 3.17. The van der Waals surface area contributed by atoms with E-state index in [1.54, 1.807) is 29.3 Å². The highest BCUT2D eigenvalue weighted by Gasteiger charge is 2.11. The van der Waals surface area contributed by atoms with Gasteiger partial charge in [-0.1, -0.05) is 48.2 Å². The van der Waals surface area contributed by atoms with Gasteiger partial charge in [-0.15, -0.1) is 11.3 Å². The fourth-order valence-electron chi connectivity index (χ4n) is 2.08. The zero-order chi connectivity index (χ0) is 14.5. The van der Waals surface area contributed by atoms with E-state index in [4.69, 9.17) is 0 Å². The molecule has 0 aliphatic rings. The average molecular weight is 316 g/mol. The van der Waals surface area contributed by atoms with Crippen LogP contribution in [0.4, 0.5) is 0 Å². The van der Waals surface area contributed by atoms with Crippen molar-refractivity contribution in [1.82, 2.24) is 9.55 Å². The van der Waals surface area contributed by atoms with Gasteiger partial charge in [-0.25, -0.2) is 4.98 Å². The van der Waals surface area contributed by atoms with E-state index >= 15 is 0 Å². The molecule has 0 saturated carbocycles. The first-order valence-electron chi connectivity index (χ1n) is 6.71. The lowest BCUT2D eigenvalue weighted by atomic mass is 10.2. The minimum absolute atomic E-state index is 0.0181. The number of benzene rings is 1. The molecule has 0 fully saturated rings. The van der Waals surface area contributed by atoms with Crippen LogP contribution in [0.3, 0.4) is 0 Å². The molecule has 0 atom stereocenters. The zero-order valence-electron chi connectivity index (χ0n) is 11.5. The Morgan fingerprint density at radius 1 is 1.14 bits per heavy atom. The van der Waals surface area contributed by atoms with Gasteiger partial charge < -0.3 is 9.67 Å². The number of hydrogen-bond donors (Lipinski definition) is 1. The van der Waals surface area contributed by atoms with Crippen LogP contribution >= 0.6 is 23.1 Å². The number of thioether (sulfide) groups is 1. The van der Waals surface area contributed by atoms with Gasteiger partial charge in [0.25, 0.3) is 0 Å². The standard InChI is InChI=1S/C16H16N2OS2/c19-11-14-9-17-16(18(14)10-15-7-4-8-20-15)21-12-13-5-2-1-3-6-13/h1-9,19H,10-12H2. The summed E-state index contributed by atoms with van der Waals surface area (Å²) >= 11 is 3.43. The Kier molecular flexibility index (Phi) is 4.75. The van der Waals surface area contributed by atoms with Crippen LogP contribution in [-0.2, 0) is 18.9 Å². The van der Waals surface area contributed by atoms with Crippen molar-refractivity contribution in [1.29, 1.82) is 0 Å². The molecule has 1 N–H and O–H groups in total. The Morgan fingerprint density at radius 3 is 2.71 bits per heavy atom. The number of rotatable bonds is 6. The smallest absolute Gasteiger partial charge is 0.168 e. The quantitative estimate of drug-likeness (QED) is 0.703. The van der Waals surface area contributed by atoms with Crippen molar-refractivity contribution < 1.29 is 5.11 Å². The number of thiophene rings is 1. The molecule has 0 amide bonds. The Hall–Kier alpha value is -1.56. The van der Waals surface area contributed by atoms with E-state index in [-0.39, 0.29) is 6.61 Å². The molecule has 1 aromatic carbocycles. The van der Waals surface area contributed by atoms with Crippen LogP contribution in [0, 0.1) is 0 Å². The molecule has 2 heterocycles. The molecule has 5 heteroatoms. The molecular weight excluding hydrogens is 300 g/mol. The van der Waals surface area contributed by atoms with Gasteiger partial charge in [-0.05, 0) is 17.0 Å². The number of hydrogen-bond acceptors (Lipinski definition) is 4. The van der Waals surface area contributed by atoms with Crippen molar-refractivity contribution in [3.05, 3.63) is 70.2 Å². The normalized spacial score (nSPS) is 10.9. The summed E-state index contributed by atoms with van der Waals surface area (Å²) in [5, 5.41) is 12.5. The molecule has 2 aromatic heterocycles. The lowest BCUT2D eigenvalue weighted by Crippen LogP contribution is -2.05. The monoisotopic (exact) mass is 316 g/mol. The van der Waals surface area contributed by atoms with Gasteiger partial charge in [0.2, 0.25) is 0 Å². The van der Waals surface area contributed by atoms with Gasteiger partial charge in [-0.3, -0.25) is 0 Å². The summed E-state index contributed by atoms with van der Waals surface area (Å²) in [5.41, 5.74) is 2.14. The first-order valence-corrected chi connectivity index (χ1v) is 8.57. The number of nitrogens with zero attached hydrogens (tertiary/aromatic N) is 2. The summed E-state index contributed by atoms with van der Waals surface area (Å²) in [6, 6.07) is 14.5. The number of aliphatic hydroxyl groups excluding tert-OH is 1. The van der Waals surface area contributed by atoms with Gasteiger partial charge in [-0.2, -0.15) is 0 Å². The van der Waals surface area contributed by atoms with Gasteiger partial charge in [0.15, 0.2) is 5.16 Å². The topological polar surface area (TPSA) is 38.1 Å². The van der Waals surface area contributed by atoms with Gasteiger partial charge in [0.05, 0.1) is 25.0 Å². The van der Waals surface area contributed by atoms with Crippen LogP contribution in [0.25, 0.3) is 0 Å². The summed E-state index contributed by atoms with van der Waals surface area (Å²) in [5.74, 6) is 0.882. The molecular formula is C16H16N2OS2. The summed E-state index contributed by atoms with van der Waals surface area (Å²) in [6.45, 7) is 0.787. The molecule has 108 valence electrons. The van der Waals surface area contributed by atoms with Crippen LogP contribution in [0.1, 0.15) is 16.1 Å². The number of imidazole rings is 1. The zero-order valence-corrected chi connectivity index (χ0v) is 13.1. The molecule has 0 radical (unpaired) electrons. The maximum absolute atomic E-state index is 9.48. The van der Waals surface area contributed by atoms with Gasteiger partial charge in [0, 0.05) is 10.6 Å². The van der Waals surface area contributed by atoms with Crippen molar-refractivity contribution in [2.24, 2.45) is 0 Å². The highest BCUT2D eigenvalue weighted by Crippen LogP contribution is 2.24. The van der Waals surface area contributed by atoms with Crippen LogP contribution in [-0.4, -0.2) is 14.7 Å². The largest absolute Gasteiger partial charge is 0.390 e. The molecule has 0 aliphatic heterocycles. The third-order valence-corrected chi connectivity index (χ3v) is 5.09. The molecule has 0 spiro atoms. The highest BCUT2D eigenvalue weighted by atomic mass is 32.2. The first-order chi connectivity index (χ1) is 10.4. The third-order valence-electron chi connectivity index (χ3n) is 3.17. The van der Waals surface area contributed by atoms with Crippen molar-refractivity contribution in [3.63, 3.8) is 0 Å². The van der Waals surface area contributed by atoms with Crippen LogP contribution in [0.2, 0.25) is 0 Å². The highest BCUT2D eigenvalue weighted by molar-refractivity contribution is 7.98.